The van der Waals surface area contributed by atoms with Crippen molar-refractivity contribution in [3.05, 3.63) is 57.7 Å². The molecule has 1 aromatic carbocycles. The molecule has 3 heterocycles. The van der Waals surface area contributed by atoms with Gasteiger partial charge in [0.15, 0.2) is 0 Å². The van der Waals surface area contributed by atoms with Gasteiger partial charge in [-0.3, -0.25) is 4.57 Å². The first-order valence-electron chi connectivity index (χ1n) is 7.64. The van der Waals surface area contributed by atoms with E-state index in [9.17, 15) is 0 Å². The summed E-state index contributed by atoms with van der Waals surface area (Å²) in [6.45, 7) is 6.34. The molecule has 0 bridgehead atoms. The van der Waals surface area contributed by atoms with Crippen LogP contribution in [0.1, 0.15) is 34.3 Å². The van der Waals surface area contributed by atoms with Gasteiger partial charge >= 0.3 is 0 Å². The second kappa shape index (κ2) is 5.31. The van der Waals surface area contributed by atoms with Gasteiger partial charge in [0.25, 0.3) is 0 Å². The smallest absolute Gasteiger partial charge is 0.250 e. The SMILES string of the molecule is CCc1sc2c(c1C)C(c1ccccc1)=NNc1nnc(C)n1-2. The maximum atomic E-state index is 4.65. The van der Waals surface area contributed by atoms with Gasteiger partial charge in [0, 0.05) is 16.0 Å². The van der Waals surface area contributed by atoms with Gasteiger partial charge in [-0.15, -0.1) is 21.5 Å². The quantitative estimate of drug-likeness (QED) is 0.782. The van der Waals surface area contributed by atoms with E-state index in [4.69, 9.17) is 0 Å². The third kappa shape index (κ3) is 2.09. The third-order valence-electron chi connectivity index (χ3n) is 4.13. The molecular weight excluding hydrogens is 306 g/mol. The zero-order valence-electron chi connectivity index (χ0n) is 13.3. The number of hydrazone groups is 1. The molecule has 0 radical (unpaired) electrons. The van der Waals surface area contributed by atoms with E-state index in [1.54, 1.807) is 11.3 Å². The maximum absolute atomic E-state index is 4.65. The third-order valence-corrected chi connectivity index (χ3v) is 5.55. The van der Waals surface area contributed by atoms with Crippen LogP contribution >= 0.6 is 11.3 Å². The summed E-state index contributed by atoms with van der Waals surface area (Å²) in [5.74, 6) is 1.53. The van der Waals surface area contributed by atoms with E-state index < -0.39 is 0 Å². The van der Waals surface area contributed by atoms with Crippen molar-refractivity contribution < 1.29 is 0 Å². The Bertz CT molecular complexity index is 905. The van der Waals surface area contributed by atoms with Crippen molar-refractivity contribution in [1.82, 2.24) is 14.8 Å². The van der Waals surface area contributed by atoms with E-state index in [-0.39, 0.29) is 0 Å². The molecule has 6 heteroatoms. The van der Waals surface area contributed by atoms with Gasteiger partial charge in [-0.2, -0.15) is 5.10 Å². The Morgan fingerprint density at radius 2 is 1.91 bits per heavy atom. The molecule has 0 saturated heterocycles. The fourth-order valence-corrected chi connectivity index (χ4v) is 4.26. The average Bonchev–Trinajstić information content (AvgIpc) is 3.04. The number of fused-ring (bicyclic) bond motifs is 3. The minimum atomic E-state index is 0.665. The van der Waals surface area contributed by atoms with E-state index in [0.29, 0.717) is 5.95 Å². The molecule has 5 nitrogen and oxygen atoms in total. The van der Waals surface area contributed by atoms with Crippen molar-refractivity contribution >= 4 is 23.0 Å². The maximum Gasteiger partial charge on any atom is 0.250 e. The van der Waals surface area contributed by atoms with Gasteiger partial charge in [-0.05, 0) is 25.8 Å². The highest BCUT2D eigenvalue weighted by Crippen LogP contribution is 2.37. The largest absolute Gasteiger partial charge is 0.254 e. The van der Waals surface area contributed by atoms with Crippen LogP contribution in [0.5, 0.6) is 0 Å². The van der Waals surface area contributed by atoms with E-state index >= 15 is 0 Å². The van der Waals surface area contributed by atoms with E-state index in [0.717, 1.165) is 28.5 Å². The fraction of sp³-hybridized carbons (Fsp3) is 0.235. The van der Waals surface area contributed by atoms with Crippen LogP contribution in [-0.4, -0.2) is 20.5 Å². The Hall–Kier alpha value is -2.47. The molecule has 23 heavy (non-hydrogen) atoms. The summed E-state index contributed by atoms with van der Waals surface area (Å²) >= 11 is 1.80. The average molecular weight is 323 g/mol. The second-order valence-electron chi connectivity index (χ2n) is 5.53. The number of aromatic nitrogens is 3. The molecule has 116 valence electrons. The van der Waals surface area contributed by atoms with Gasteiger partial charge in [0.05, 0.1) is 0 Å². The number of nitrogens with one attached hydrogen (secondary N) is 1. The molecule has 0 fully saturated rings. The van der Waals surface area contributed by atoms with Crippen molar-refractivity contribution in [3.63, 3.8) is 0 Å². The van der Waals surface area contributed by atoms with Gasteiger partial charge in [-0.25, -0.2) is 5.43 Å². The summed E-state index contributed by atoms with van der Waals surface area (Å²) in [6.07, 6.45) is 1.01. The van der Waals surface area contributed by atoms with Gasteiger partial charge in [0.1, 0.15) is 16.5 Å². The first-order valence-corrected chi connectivity index (χ1v) is 8.46. The van der Waals surface area contributed by atoms with Crippen molar-refractivity contribution in [3.8, 4) is 5.00 Å². The first kappa shape index (κ1) is 14.1. The van der Waals surface area contributed by atoms with Crippen LogP contribution in [0.2, 0.25) is 0 Å². The van der Waals surface area contributed by atoms with E-state index in [1.165, 1.54) is 16.0 Å². The molecule has 0 amide bonds. The predicted molar refractivity (Wildman–Crippen MR) is 93.8 cm³/mol. The van der Waals surface area contributed by atoms with Gasteiger partial charge in [-0.1, -0.05) is 37.3 Å². The fourth-order valence-electron chi connectivity index (χ4n) is 2.96. The lowest BCUT2D eigenvalue weighted by Gasteiger charge is -2.08. The number of hydrogen-bond acceptors (Lipinski definition) is 5. The van der Waals surface area contributed by atoms with Crippen LogP contribution < -0.4 is 5.43 Å². The Balaban J connectivity index is 2.03. The van der Waals surface area contributed by atoms with E-state index in [2.05, 4.69) is 51.3 Å². The molecule has 0 unspecified atom stereocenters. The van der Waals surface area contributed by atoms with Crippen molar-refractivity contribution in [2.45, 2.75) is 27.2 Å². The zero-order valence-corrected chi connectivity index (χ0v) is 14.1. The Morgan fingerprint density at radius 3 is 2.65 bits per heavy atom. The van der Waals surface area contributed by atoms with E-state index in [1.807, 2.05) is 25.1 Å². The lowest BCUT2D eigenvalue weighted by atomic mass is 9.99. The molecule has 0 aliphatic carbocycles. The normalized spacial score (nSPS) is 12.9. The number of anilines is 1. The number of thiophene rings is 1. The molecular formula is C17H17N5S. The van der Waals surface area contributed by atoms with Crippen LogP contribution in [0, 0.1) is 13.8 Å². The lowest BCUT2D eigenvalue weighted by Crippen LogP contribution is -2.07. The molecule has 1 aliphatic rings. The standard InChI is InChI=1S/C17H17N5S/c1-4-13-10(2)14-15(12-8-6-5-7-9-12)19-21-17-20-18-11(3)22(17)16(14)23-13/h5-9H,4H2,1-3H3,(H,20,21). The van der Waals surface area contributed by atoms with Crippen molar-refractivity contribution in [2.24, 2.45) is 5.10 Å². The lowest BCUT2D eigenvalue weighted by molar-refractivity contribution is 0.984. The van der Waals surface area contributed by atoms with Gasteiger partial charge < -0.3 is 0 Å². The summed E-state index contributed by atoms with van der Waals surface area (Å²) in [7, 11) is 0. The van der Waals surface area contributed by atoms with Crippen LogP contribution in [0.15, 0.2) is 35.4 Å². The highest BCUT2D eigenvalue weighted by atomic mass is 32.1. The summed E-state index contributed by atoms with van der Waals surface area (Å²) in [6, 6.07) is 10.3. The van der Waals surface area contributed by atoms with Crippen molar-refractivity contribution in [1.29, 1.82) is 0 Å². The zero-order chi connectivity index (χ0) is 16.0. The highest BCUT2D eigenvalue weighted by Gasteiger charge is 2.26. The minimum Gasteiger partial charge on any atom is -0.254 e. The van der Waals surface area contributed by atoms with Gasteiger partial charge in [0.2, 0.25) is 5.95 Å². The topological polar surface area (TPSA) is 55.1 Å². The molecule has 2 aromatic heterocycles. The minimum absolute atomic E-state index is 0.665. The number of nitrogens with zero attached hydrogens (tertiary/aromatic N) is 4. The van der Waals surface area contributed by atoms with Crippen molar-refractivity contribution in [2.75, 3.05) is 5.43 Å². The Labute approximate surface area is 138 Å². The van der Waals surface area contributed by atoms with Crippen LogP contribution in [0.4, 0.5) is 5.95 Å². The number of rotatable bonds is 2. The monoisotopic (exact) mass is 323 g/mol. The molecule has 0 atom stereocenters. The number of aryl methyl sites for hydroxylation is 2. The predicted octanol–water partition coefficient (Wildman–Crippen LogP) is 3.69. The second-order valence-corrected chi connectivity index (χ2v) is 6.61. The molecule has 4 rings (SSSR count). The Kier molecular flexibility index (Phi) is 3.27. The number of benzene rings is 1. The summed E-state index contributed by atoms with van der Waals surface area (Å²) in [5.41, 5.74) is 7.59. The number of hydrogen-bond donors (Lipinski definition) is 1. The first-order chi connectivity index (χ1) is 11.2. The molecule has 0 saturated carbocycles. The molecule has 1 N–H and O–H groups in total. The molecule has 1 aliphatic heterocycles. The van der Waals surface area contributed by atoms with Crippen LogP contribution in [0.25, 0.3) is 5.00 Å². The Morgan fingerprint density at radius 1 is 1.13 bits per heavy atom. The van der Waals surface area contributed by atoms with Crippen LogP contribution in [-0.2, 0) is 6.42 Å². The summed E-state index contributed by atoms with van der Waals surface area (Å²) in [4.78, 5) is 1.37. The highest BCUT2D eigenvalue weighted by molar-refractivity contribution is 7.15. The van der Waals surface area contributed by atoms with Crippen LogP contribution in [0.3, 0.4) is 0 Å². The molecule has 3 aromatic rings. The summed E-state index contributed by atoms with van der Waals surface area (Å²) in [5, 5.41) is 14.2. The molecule has 0 spiro atoms. The summed E-state index contributed by atoms with van der Waals surface area (Å²) < 4.78 is 2.06.